The SMILES string of the molecule is COc1cccc(CNCC[C@H]2CCC(=O)N2Cc2cn3c(n2)SCC3)c1. The Morgan fingerprint density at radius 2 is 2.33 bits per heavy atom. The number of nitrogens with one attached hydrogen (secondary N) is 1. The smallest absolute Gasteiger partial charge is 0.223 e. The molecule has 6 nitrogen and oxygen atoms in total. The van der Waals surface area contributed by atoms with E-state index in [2.05, 4.69) is 27.1 Å². The Hall–Kier alpha value is -1.99. The van der Waals surface area contributed by atoms with E-state index in [1.165, 1.54) is 5.56 Å². The van der Waals surface area contributed by atoms with Crippen LogP contribution in [0, 0.1) is 0 Å². The molecule has 4 rings (SSSR count). The molecular formula is C20H26N4O2S. The van der Waals surface area contributed by atoms with Gasteiger partial charge in [0.15, 0.2) is 5.16 Å². The van der Waals surface area contributed by atoms with Gasteiger partial charge in [-0.25, -0.2) is 4.98 Å². The van der Waals surface area contributed by atoms with Gasteiger partial charge in [-0.1, -0.05) is 23.9 Å². The summed E-state index contributed by atoms with van der Waals surface area (Å²) in [7, 11) is 1.69. The van der Waals surface area contributed by atoms with E-state index in [-0.39, 0.29) is 5.91 Å². The number of likely N-dealkylation sites (tertiary alicyclic amines) is 1. The predicted octanol–water partition coefficient (Wildman–Crippen LogP) is 2.67. The van der Waals surface area contributed by atoms with Gasteiger partial charge in [0.1, 0.15) is 5.75 Å². The van der Waals surface area contributed by atoms with Crippen molar-refractivity contribution in [2.45, 2.75) is 50.1 Å². The van der Waals surface area contributed by atoms with Crippen LogP contribution in [0.1, 0.15) is 30.5 Å². The van der Waals surface area contributed by atoms with Crippen LogP contribution in [0.25, 0.3) is 0 Å². The highest BCUT2D eigenvalue weighted by Crippen LogP contribution is 2.27. The summed E-state index contributed by atoms with van der Waals surface area (Å²) in [4.78, 5) is 19.0. The summed E-state index contributed by atoms with van der Waals surface area (Å²) < 4.78 is 7.47. The second-order valence-corrected chi connectivity index (χ2v) is 8.15. The molecule has 0 unspecified atom stereocenters. The third-order valence-electron chi connectivity index (χ3n) is 5.26. The molecule has 0 bridgehead atoms. The standard InChI is InChI=1S/C20H26N4O2S/c1-26-18-4-2-3-15(11-18)12-21-8-7-17-5-6-19(25)24(17)14-16-13-23-9-10-27-20(23)22-16/h2-4,11,13,17,21H,5-10,12,14H2,1H3/t17-/m1/s1. The summed E-state index contributed by atoms with van der Waals surface area (Å²) >= 11 is 1.80. The highest BCUT2D eigenvalue weighted by molar-refractivity contribution is 7.99. The molecule has 1 saturated heterocycles. The van der Waals surface area contributed by atoms with Crippen LogP contribution in [0.5, 0.6) is 5.75 Å². The van der Waals surface area contributed by atoms with Crippen molar-refractivity contribution >= 4 is 17.7 Å². The number of nitrogens with zero attached hydrogens (tertiary/aromatic N) is 3. The minimum absolute atomic E-state index is 0.258. The van der Waals surface area contributed by atoms with Gasteiger partial charge < -0.3 is 19.5 Å². The number of rotatable bonds is 8. The fourth-order valence-corrected chi connectivity index (χ4v) is 4.77. The zero-order valence-corrected chi connectivity index (χ0v) is 16.5. The van der Waals surface area contributed by atoms with Crippen LogP contribution in [0.3, 0.4) is 0 Å². The Labute approximate surface area is 164 Å². The lowest BCUT2D eigenvalue weighted by molar-refractivity contribution is -0.129. The normalized spacial score (nSPS) is 18.9. The zero-order valence-electron chi connectivity index (χ0n) is 15.7. The third kappa shape index (κ3) is 4.30. The number of fused-ring (bicyclic) bond motifs is 1. The van der Waals surface area contributed by atoms with Crippen LogP contribution in [-0.2, 0) is 24.4 Å². The number of thioether (sulfide) groups is 1. The van der Waals surface area contributed by atoms with Crippen molar-refractivity contribution < 1.29 is 9.53 Å². The average Bonchev–Trinajstić information content (AvgIpc) is 3.36. The van der Waals surface area contributed by atoms with Crippen LogP contribution in [0.15, 0.2) is 35.6 Å². The van der Waals surface area contributed by atoms with E-state index in [9.17, 15) is 4.79 Å². The Balaban J connectivity index is 1.27. The number of hydrogen-bond donors (Lipinski definition) is 1. The van der Waals surface area contributed by atoms with Crippen molar-refractivity contribution in [3.8, 4) is 5.75 Å². The fraction of sp³-hybridized carbons (Fsp3) is 0.500. The molecule has 0 saturated carbocycles. The lowest BCUT2D eigenvalue weighted by atomic mass is 10.1. The molecule has 2 aliphatic rings. The number of carbonyl (C=O) groups is 1. The molecule has 1 aromatic heterocycles. The first-order valence-corrected chi connectivity index (χ1v) is 10.5. The van der Waals surface area contributed by atoms with Gasteiger partial charge in [-0.15, -0.1) is 0 Å². The number of methoxy groups -OCH3 is 1. The first-order valence-electron chi connectivity index (χ1n) is 9.55. The van der Waals surface area contributed by atoms with Crippen molar-refractivity contribution in [2.75, 3.05) is 19.4 Å². The molecule has 1 atom stereocenters. The monoisotopic (exact) mass is 386 g/mol. The van der Waals surface area contributed by atoms with Crippen LogP contribution in [-0.4, -0.2) is 45.8 Å². The van der Waals surface area contributed by atoms with Gasteiger partial charge in [0.25, 0.3) is 0 Å². The summed E-state index contributed by atoms with van der Waals surface area (Å²) in [5.74, 6) is 2.24. The summed E-state index contributed by atoms with van der Waals surface area (Å²) in [6.45, 7) is 3.36. The van der Waals surface area contributed by atoms with E-state index in [1.807, 2.05) is 23.1 Å². The van der Waals surface area contributed by atoms with Gasteiger partial charge in [-0.05, 0) is 37.1 Å². The Morgan fingerprint density at radius 1 is 1.41 bits per heavy atom. The topological polar surface area (TPSA) is 59.4 Å². The Morgan fingerprint density at radius 3 is 3.19 bits per heavy atom. The summed E-state index contributed by atoms with van der Waals surface area (Å²) in [6, 6.07) is 8.41. The molecule has 1 aromatic carbocycles. The van der Waals surface area contributed by atoms with E-state index in [1.54, 1.807) is 18.9 Å². The largest absolute Gasteiger partial charge is 0.497 e. The molecule has 0 aliphatic carbocycles. The number of imidazole rings is 1. The van der Waals surface area contributed by atoms with Crippen LogP contribution >= 0.6 is 11.8 Å². The number of benzene rings is 1. The quantitative estimate of drug-likeness (QED) is 0.707. The van der Waals surface area contributed by atoms with Gasteiger partial charge in [-0.2, -0.15) is 0 Å². The van der Waals surface area contributed by atoms with Gasteiger partial charge in [0, 0.05) is 37.5 Å². The molecule has 1 fully saturated rings. The molecule has 1 N–H and O–H groups in total. The van der Waals surface area contributed by atoms with Gasteiger partial charge in [0.2, 0.25) is 5.91 Å². The number of ether oxygens (including phenoxy) is 1. The molecular weight excluding hydrogens is 360 g/mol. The van der Waals surface area contributed by atoms with Crippen molar-refractivity contribution in [1.29, 1.82) is 0 Å². The average molecular weight is 387 g/mol. The van der Waals surface area contributed by atoms with E-state index in [0.717, 1.165) is 54.8 Å². The minimum atomic E-state index is 0.258. The summed E-state index contributed by atoms with van der Waals surface area (Å²) in [5, 5.41) is 4.58. The van der Waals surface area contributed by atoms with Crippen molar-refractivity contribution in [1.82, 2.24) is 19.8 Å². The first-order chi connectivity index (χ1) is 13.2. The van der Waals surface area contributed by atoms with Gasteiger partial charge in [0.05, 0.1) is 19.3 Å². The number of hydrogen-bond acceptors (Lipinski definition) is 5. The van der Waals surface area contributed by atoms with Crippen molar-refractivity contribution in [3.05, 3.63) is 41.7 Å². The Kier molecular flexibility index (Phi) is 5.69. The molecule has 0 spiro atoms. The second-order valence-electron chi connectivity index (χ2n) is 7.09. The van der Waals surface area contributed by atoms with Crippen molar-refractivity contribution in [3.63, 3.8) is 0 Å². The number of amides is 1. The van der Waals surface area contributed by atoms with Gasteiger partial charge in [-0.3, -0.25) is 4.79 Å². The molecule has 2 aliphatic heterocycles. The number of aromatic nitrogens is 2. The second kappa shape index (κ2) is 8.35. The third-order valence-corrected chi connectivity index (χ3v) is 6.23. The molecule has 1 amide bonds. The molecule has 27 heavy (non-hydrogen) atoms. The van der Waals surface area contributed by atoms with E-state index in [0.29, 0.717) is 19.0 Å². The molecule has 3 heterocycles. The summed E-state index contributed by atoms with van der Waals surface area (Å²) in [5.41, 5.74) is 2.22. The van der Waals surface area contributed by atoms with Crippen LogP contribution in [0.4, 0.5) is 0 Å². The molecule has 2 aromatic rings. The summed E-state index contributed by atoms with van der Waals surface area (Å²) in [6.07, 6.45) is 4.68. The maximum absolute atomic E-state index is 12.3. The Bertz CT molecular complexity index is 786. The fourth-order valence-electron chi connectivity index (χ4n) is 3.81. The zero-order chi connectivity index (χ0) is 18.6. The van der Waals surface area contributed by atoms with Crippen LogP contribution < -0.4 is 10.1 Å². The molecule has 144 valence electrons. The van der Waals surface area contributed by atoms with Crippen LogP contribution in [0.2, 0.25) is 0 Å². The lowest BCUT2D eigenvalue weighted by Crippen LogP contribution is -2.34. The van der Waals surface area contributed by atoms with E-state index in [4.69, 9.17) is 4.74 Å². The highest BCUT2D eigenvalue weighted by Gasteiger charge is 2.31. The number of carbonyl (C=O) groups excluding carboxylic acids is 1. The van der Waals surface area contributed by atoms with E-state index >= 15 is 0 Å². The highest BCUT2D eigenvalue weighted by atomic mass is 32.2. The molecule has 0 radical (unpaired) electrons. The number of aryl methyl sites for hydroxylation is 1. The first kappa shape index (κ1) is 18.4. The maximum Gasteiger partial charge on any atom is 0.223 e. The maximum atomic E-state index is 12.3. The predicted molar refractivity (Wildman–Crippen MR) is 106 cm³/mol. The molecule has 7 heteroatoms. The van der Waals surface area contributed by atoms with E-state index < -0.39 is 0 Å². The van der Waals surface area contributed by atoms with Crippen molar-refractivity contribution in [2.24, 2.45) is 0 Å². The minimum Gasteiger partial charge on any atom is -0.497 e. The van der Waals surface area contributed by atoms with Gasteiger partial charge >= 0.3 is 0 Å². The lowest BCUT2D eigenvalue weighted by Gasteiger charge is -2.24.